The molecule has 10 heavy (non-hydrogen) atoms. The second-order valence-electron chi connectivity index (χ2n) is 3.28. The van der Waals surface area contributed by atoms with E-state index in [2.05, 4.69) is 13.8 Å². The minimum atomic E-state index is -0.659. The molecule has 1 aliphatic heterocycles. The Hall–Kier alpha value is 0.110. The van der Waals surface area contributed by atoms with E-state index in [4.69, 9.17) is 4.74 Å². The van der Waals surface area contributed by atoms with Crippen LogP contribution < -0.4 is 0 Å². The van der Waals surface area contributed by atoms with Crippen LogP contribution in [0.5, 0.6) is 0 Å². The van der Waals surface area contributed by atoms with E-state index in [0.29, 0.717) is 6.10 Å². The van der Waals surface area contributed by atoms with Crippen LogP contribution in [0, 0.1) is 0 Å². The minimum absolute atomic E-state index is 0.0688. The van der Waals surface area contributed by atoms with Gasteiger partial charge in [-0.25, -0.2) is 0 Å². The molecule has 60 valence electrons. The molecule has 0 aromatic rings. The highest BCUT2D eigenvalue weighted by molar-refractivity contribution is 7.84. The molecule has 0 N–H and O–H groups in total. The van der Waals surface area contributed by atoms with Gasteiger partial charge in [0.1, 0.15) is 0 Å². The Labute approximate surface area is 64.4 Å². The van der Waals surface area contributed by atoms with Crippen molar-refractivity contribution in [1.82, 2.24) is 0 Å². The van der Waals surface area contributed by atoms with E-state index < -0.39 is 10.8 Å². The quantitative estimate of drug-likeness (QED) is 0.578. The zero-order valence-electron chi connectivity index (χ0n) is 6.72. The van der Waals surface area contributed by atoms with Crippen LogP contribution in [0.25, 0.3) is 0 Å². The summed E-state index contributed by atoms with van der Waals surface area (Å²) in [5.41, 5.74) is 0.0688. The van der Waals surface area contributed by atoms with Crippen molar-refractivity contribution in [1.29, 1.82) is 0 Å². The lowest BCUT2D eigenvalue weighted by molar-refractivity contribution is 0.322. The van der Waals surface area contributed by atoms with Crippen molar-refractivity contribution >= 4 is 10.8 Å². The largest absolute Gasteiger partial charge is 0.367 e. The number of hydrogen-bond acceptors (Lipinski definition) is 2. The number of ether oxygens (including phenoxy) is 1. The first-order valence-electron chi connectivity index (χ1n) is 3.50. The van der Waals surface area contributed by atoms with Gasteiger partial charge in [0.25, 0.3) is 0 Å². The Morgan fingerprint density at radius 1 is 1.60 bits per heavy atom. The van der Waals surface area contributed by atoms with Crippen LogP contribution in [0.4, 0.5) is 0 Å². The van der Waals surface area contributed by atoms with Gasteiger partial charge in [0.05, 0.1) is 11.7 Å². The van der Waals surface area contributed by atoms with Gasteiger partial charge in [-0.1, -0.05) is 0 Å². The molecule has 1 fully saturated rings. The molecule has 1 heterocycles. The van der Waals surface area contributed by atoms with Crippen molar-refractivity contribution in [3.05, 3.63) is 0 Å². The highest BCUT2D eigenvalue weighted by atomic mass is 32.2. The predicted molar refractivity (Wildman–Crippen MR) is 42.5 cm³/mol. The number of rotatable bonds is 3. The second kappa shape index (κ2) is 2.62. The van der Waals surface area contributed by atoms with Crippen molar-refractivity contribution in [3.63, 3.8) is 0 Å². The lowest BCUT2D eigenvalue weighted by atomic mass is 10.1. The molecule has 1 unspecified atom stereocenters. The van der Waals surface area contributed by atoms with Gasteiger partial charge in [0, 0.05) is 22.8 Å². The van der Waals surface area contributed by atoms with Gasteiger partial charge in [0.2, 0.25) is 0 Å². The molecule has 0 saturated carbocycles. The SMILES string of the molecule is CS(=O)CC[C@H]1OC1(C)C. The van der Waals surface area contributed by atoms with Crippen LogP contribution in [0.3, 0.4) is 0 Å². The first-order valence-corrected chi connectivity index (χ1v) is 5.23. The van der Waals surface area contributed by atoms with Gasteiger partial charge in [-0.2, -0.15) is 0 Å². The van der Waals surface area contributed by atoms with Crippen LogP contribution in [-0.4, -0.2) is 27.9 Å². The third-order valence-corrected chi connectivity index (χ3v) is 2.64. The van der Waals surface area contributed by atoms with Crippen molar-refractivity contribution in [2.75, 3.05) is 12.0 Å². The maximum absolute atomic E-state index is 10.6. The molecular formula is C7H14O2S. The van der Waals surface area contributed by atoms with E-state index in [0.717, 1.165) is 12.2 Å². The fraction of sp³-hybridized carbons (Fsp3) is 1.00. The molecule has 0 aliphatic carbocycles. The molecule has 1 rings (SSSR count). The van der Waals surface area contributed by atoms with Crippen LogP contribution in [0.1, 0.15) is 20.3 Å². The summed E-state index contributed by atoms with van der Waals surface area (Å²) in [6.07, 6.45) is 3.03. The molecule has 1 aliphatic rings. The van der Waals surface area contributed by atoms with Crippen molar-refractivity contribution in [3.8, 4) is 0 Å². The molecular weight excluding hydrogens is 148 g/mol. The topological polar surface area (TPSA) is 29.6 Å². The molecule has 1 saturated heterocycles. The third-order valence-electron chi connectivity index (χ3n) is 1.83. The standard InChI is InChI=1S/C7H14O2S/c1-7(2)6(9-7)4-5-10(3)8/h6H,4-5H2,1-3H3/t6-,10?/m1/s1. The summed E-state index contributed by atoms with van der Waals surface area (Å²) in [4.78, 5) is 0. The zero-order chi connectivity index (χ0) is 7.78. The molecule has 3 heteroatoms. The van der Waals surface area contributed by atoms with E-state index in [1.165, 1.54) is 0 Å². The molecule has 2 nitrogen and oxygen atoms in total. The summed E-state index contributed by atoms with van der Waals surface area (Å²) in [7, 11) is -0.659. The number of hydrogen-bond donors (Lipinski definition) is 0. The Morgan fingerprint density at radius 2 is 2.10 bits per heavy atom. The maximum Gasteiger partial charge on any atom is 0.0892 e. The summed E-state index contributed by atoms with van der Waals surface area (Å²) in [6, 6.07) is 0. The van der Waals surface area contributed by atoms with Gasteiger partial charge in [-0.05, 0) is 20.3 Å². The fourth-order valence-corrected chi connectivity index (χ4v) is 1.56. The average molecular weight is 162 g/mol. The van der Waals surface area contributed by atoms with E-state index in [1.54, 1.807) is 6.26 Å². The summed E-state index contributed by atoms with van der Waals surface area (Å²) in [5, 5.41) is 0. The third kappa shape index (κ3) is 2.06. The van der Waals surface area contributed by atoms with Crippen molar-refractivity contribution in [2.24, 2.45) is 0 Å². The molecule has 2 atom stereocenters. The van der Waals surface area contributed by atoms with Crippen molar-refractivity contribution in [2.45, 2.75) is 32.0 Å². The summed E-state index contributed by atoms with van der Waals surface area (Å²) < 4.78 is 16.0. The van der Waals surface area contributed by atoms with Crippen LogP contribution >= 0.6 is 0 Å². The second-order valence-corrected chi connectivity index (χ2v) is 4.83. The van der Waals surface area contributed by atoms with Crippen LogP contribution in [-0.2, 0) is 15.5 Å². The molecule has 0 amide bonds. The monoisotopic (exact) mass is 162 g/mol. The fourth-order valence-electron chi connectivity index (χ4n) is 1.01. The highest BCUT2D eigenvalue weighted by Crippen LogP contribution is 2.37. The van der Waals surface area contributed by atoms with E-state index in [-0.39, 0.29) is 5.60 Å². The van der Waals surface area contributed by atoms with Crippen LogP contribution in [0.2, 0.25) is 0 Å². The Bertz CT molecular complexity index is 154. The molecule has 0 radical (unpaired) electrons. The van der Waals surface area contributed by atoms with E-state index >= 15 is 0 Å². The minimum Gasteiger partial charge on any atom is -0.367 e. The van der Waals surface area contributed by atoms with Crippen molar-refractivity contribution < 1.29 is 8.95 Å². The molecule has 0 spiro atoms. The Balaban J connectivity index is 2.13. The summed E-state index contributed by atoms with van der Waals surface area (Å²) >= 11 is 0. The summed E-state index contributed by atoms with van der Waals surface area (Å²) in [6.45, 7) is 4.13. The average Bonchev–Trinajstić information content (AvgIpc) is 2.35. The van der Waals surface area contributed by atoms with Gasteiger partial charge in [-0.3, -0.25) is 4.21 Å². The van der Waals surface area contributed by atoms with Gasteiger partial charge >= 0.3 is 0 Å². The lowest BCUT2D eigenvalue weighted by Crippen LogP contribution is -2.06. The highest BCUT2D eigenvalue weighted by Gasteiger charge is 2.46. The maximum atomic E-state index is 10.6. The predicted octanol–water partition coefficient (Wildman–Crippen LogP) is 0.932. The Kier molecular flexibility index (Phi) is 2.15. The summed E-state index contributed by atoms with van der Waals surface area (Å²) in [5.74, 6) is 0.772. The lowest BCUT2D eigenvalue weighted by Gasteiger charge is -1.94. The van der Waals surface area contributed by atoms with Gasteiger partial charge in [-0.15, -0.1) is 0 Å². The number of epoxide rings is 1. The molecule has 0 aromatic heterocycles. The molecule has 0 bridgehead atoms. The normalized spacial score (nSPS) is 31.7. The first kappa shape index (κ1) is 8.21. The van der Waals surface area contributed by atoms with E-state index in [1.807, 2.05) is 0 Å². The van der Waals surface area contributed by atoms with Crippen LogP contribution in [0.15, 0.2) is 0 Å². The Morgan fingerprint density at radius 3 is 2.40 bits per heavy atom. The van der Waals surface area contributed by atoms with Gasteiger partial charge < -0.3 is 4.74 Å². The first-order chi connectivity index (χ1) is 4.52. The molecule has 0 aromatic carbocycles. The van der Waals surface area contributed by atoms with E-state index in [9.17, 15) is 4.21 Å². The zero-order valence-corrected chi connectivity index (χ0v) is 7.53. The van der Waals surface area contributed by atoms with Gasteiger partial charge in [0.15, 0.2) is 0 Å². The smallest absolute Gasteiger partial charge is 0.0892 e.